The molecule has 1 N–H and O–H groups in total. The van der Waals surface area contributed by atoms with Crippen molar-refractivity contribution in [3.8, 4) is 0 Å². The van der Waals surface area contributed by atoms with Crippen molar-refractivity contribution in [2.24, 2.45) is 0 Å². The minimum atomic E-state index is -4.26. The van der Waals surface area contributed by atoms with Gasteiger partial charge >= 0.3 is 6.18 Å². The Labute approximate surface area is 172 Å². The lowest BCUT2D eigenvalue weighted by molar-refractivity contribution is -0.137. The van der Waals surface area contributed by atoms with Crippen molar-refractivity contribution >= 4 is 16.8 Å². The first-order valence-electron chi connectivity index (χ1n) is 9.87. The van der Waals surface area contributed by atoms with Crippen molar-refractivity contribution in [3.05, 3.63) is 53.0 Å². The van der Waals surface area contributed by atoms with Crippen LogP contribution in [0.4, 0.5) is 13.2 Å². The number of H-pyrrole nitrogens is 1. The second-order valence-electron chi connectivity index (χ2n) is 7.90. The number of carbonyl (C=O) groups is 1. The van der Waals surface area contributed by atoms with Crippen LogP contribution < -0.4 is 0 Å². The molecule has 3 aromatic rings. The number of fused-ring (bicyclic) bond motifs is 2. The topological polar surface area (TPSA) is 57.2 Å². The molecule has 0 unspecified atom stereocenters. The van der Waals surface area contributed by atoms with Crippen molar-refractivity contribution in [1.29, 1.82) is 0 Å². The summed E-state index contributed by atoms with van der Waals surface area (Å²) in [6.45, 7) is 1.56. The van der Waals surface area contributed by atoms with Gasteiger partial charge in [0.2, 0.25) is 0 Å². The molecule has 0 aliphatic carbocycles. The third-order valence-electron chi connectivity index (χ3n) is 5.41. The van der Waals surface area contributed by atoms with Gasteiger partial charge < -0.3 is 9.88 Å². The van der Waals surface area contributed by atoms with Crippen molar-refractivity contribution in [3.63, 3.8) is 0 Å². The minimum absolute atomic E-state index is 0.249. The zero-order valence-electron chi connectivity index (χ0n) is 17.0. The Morgan fingerprint density at radius 3 is 2.73 bits per heavy atom. The number of halogens is 3. The van der Waals surface area contributed by atoms with E-state index < -0.39 is 12.6 Å². The summed E-state index contributed by atoms with van der Waals surface area (Å²) >= 11 is 0. The first-order chi connectivity index (χ1) is 14.2. The molecule has 9 heteroatoms. The van der Waals surface area contributed by atoms with Gasteiger partial charge in [-0.2, -0.15) is 18.3 Å². The maximum absolute atomic E-state index is 12.7. The Morgan fingerprint density at radius 1 is 1.27 bits per heavy atom. The van der Waals surface area contributed by atoms with Crippen molar-refractivity contribution in [2.75, 3.05) is 20.6 Å². The van der Waals surface area contributed by atoms with E-state index in [4.69, 9.17) is 0 Å². The summed E-state index contributed by atoms with van der Waals surface area (Å²) < 4.78 is 39.6. The number of benzene rings is 1. The standard InChI is InChI=1S/C21H24F3N5O/c1-27(2)20(30)19-16-13-28(12-15-11-14-5-3-4-6-17(14)25-15)9-7-18(16)29(26-19)10-8-21(22,23)24/h3-6,11,25H,7-10,12-13H2,1-2H3. The molecule has 160 valence electrons. The molecule has 1 aromatic carbocycles. The Morgan fingerprint density at radius 2 is 2.03 bits per heavy atom. The number of aryl methyl sites for hydroxylation is 1. The second-order valence-corrected chi connectivity index (χ2v) is 7.90. The molecule has 0 saturated carbocycles. The Bertz CT molecular complexity index is 1030. The van der Waals surface area contributed by atoms with Crippen LogP contribution in [0.3, 0.4) is 0 Å². The molecular weight excluding hydrogens is 395 g/mol. The third-order valence-corrected chi connectivity index (χ3v) is 5.41. The molecule has 1 aliphatic rings. The Hall–Kier alpha value is -2.81. The van der Waals surface area contributed by atoms with Crippen LogP contribution in [-0.4, -0.2) is 57.3 Å². The molecule has 2 aromatic heterocycles. The number of rotatable bonds is 5. The lowest BCUT2D eigenvalue weighted by Crippen LogP contribution is -2.32. The van der Waals surface area contributed by atoms with Crippen molar-refractivity contribution in [2.45, 2.75) is 38.7 Å². The van der Waals surface area contributed by atoms with Crippen LogP contribution in [0.15, 0.2) is 30.3 Å². The summed E-state index contributed by atoms with van der Waals surface area (Å²) in [4.78, 5) is 19.6. The Balaban J connectivity index is 1.58. The molecule has 30 heavy (non-hydrogen) atoms. The summed E-state index contributed by atoms with van der Waals surface area (Å²) in [5.74, 6) is -0.288. The first kappa shape index (κ1) is 20.5. The molecule has 0 atom stereocenters. The van der Waals surface area contributed by atoms with Gasteiger partial charge in [0.1, 0.15) is 0 Å². The van der Waals surface area contributed by atoms with Crippen LogP contribution in [0.1, 0.15) is 33.9 Å². The van der Waals surface area contributed by atoms with E-state index >= 15 is 0 Å². The maximum atomic E-state index is 12.7. The first-order valence-corrected chi connectivity index (χ1v) is 9.87. The number of nitrogens with one attached hydrogen (secondary N) is 1. The molecular formula is C21H24F3N5O. The smallest absolute Gasteiger partial charge is 0.357 e. The molecule has 6 nitrogen and oxygen atoms in total. The Kier molecular flexibility index (Phi) is 5.31. The van der Waals surface area contributed by atoms with E-state index in [1.54, 1.807) is 14.1 Å². The van der Waals surface area contributed by atoms with E-state index in [0.717, 1.165) is 27.9 Å². The van der Waals surface area contributed by atoms with Gasteiger partial charge in [0.15, 0.2) is 5.69 Å². The number of hydrogen-bond acceptors (Lipinski definition) is 3. The lowest BCUT2D eigenvalue weighted by atomic mass is 10.0. The van der Waals surface area contributed by atoms with E-state index in [0.29, 0.717) is 26.1 Å². The molecule has 0 bridgehead atoms. The number of amides is 1. The quantitative estimate of drug-likeness (QED) is 0.688. The highest BCUT2D eigenvalue weighted by atomic mass is 19.4. The summed E-state index contributed by atoms with van der Waals surface area (Å²) in [5.41, 5.74) is 3.84. The summed E-state index contributed by atoms with van der Waals surface area (Å²) in [6, 6.07) is 10.1. The van der Waals surface area contributed by atoms with Gasteiger partial charge in [0.05, 0.1) is 6.42 Å². The number of nitrogens with zero attached hydrogens (tertiary/aromatic N) is 4. The highest BCUT2D eigenvalue weighted by Crippen LogP contribution is 2.27. The van der Waals surface area contributed by atoms with Gasteiger partial charge in [-0.3, -0.25) is 14.4 Å². The van der Waals surface area contributed by atoms with Gasteiger partial charge in [0.25, 0.3) is 5.91 Å². The number of carbonyl (C=O) groups excluding carboxylic acids is 1. The van der Waals surface area contributed by atoms with Gasteiger partial charge in [0, 0.05) is 69.2 Å². The number of para-hydroxylation sites is 1. The van der Waals surface area contributed by atoms with Gasteiger partial charge in [-0.25, -0.2) is 0 Å². The zero-order chi connectivity index (χ0) is 21.5. The van der Waals surface area contributed by atoms with E-state index in [9.17, 15) is 18.0 Å². The molecule has 0 spiro atoms. The lowest BCUT2D eigenvalue weighted by Gasteiger charge is -2.27. The summed E-state index contributed by atoms with van der Waals surface area (Å²) in [5, 5.41) is 5.42. The number of aromatic nitrogens is 3. The molecule has 4 rings (SSSR count). The largest absolute Gasteiger partial charge is 0.390 e. The van der Waals surface area contributed by atoms with Gasteiger partial charge in [-0.1, -0.05) is 18.2 Å². The predicted molar refractivity (Wildman–Crippen MR) is 107 cm³/mol. The number of alkyl halides is 3. The zero-order valence-corrected chi connectivity index (χ0v) is 17.0. The van der Waals surface area contributed by atoms with Crippen LogP contribution >= 0.6 is 0 Å². The molecule has 0 radical (unpaired) electrons. The van der Waals surface area contributed by atoms with E-state index in [2.05, 4.69) is 21.0 Å². The fourth-order valence-corrected chi connectivity index (χ4v) is 3.94. The summed E-state index contributed by atoms with van der Waals surface area (Å²) in [6.07, 6.45) is -4.67. The van der Waals surface area contributed by atoms with E-state index in [1.807, 2.05) is 24.3 Å². The van der Waals surface area contributed by atoms with Crippen LogP contribution in [0.5, 0.6) is 0 Å². The van der Waals surface area contributed by atoms with Gasteiger partial charge in [-0.05, 0) is 17.5 Å². The molecule has 1 aliphatic heterocycles. The van der Waals surface area contributed by atoms with Crippen LogP contribution in [-0.2, 0) is 26.1 Å². The highest BCUT2D eigenvalue weighted by Gasteiger charge is 2.32. The monoisotopic (exact) mass is 419 g/mol. The van der Waals surface area contributed by atoms with E-state index in [1.165, 1.54) is 9.58 Å². The van der Waals surface area contributed by atoms with Crippen LogP contribution in [0.2, 0.25) is 0 Å². The molecule has 0 fully saturated rings. The molecule has 0 saturated heterocycles. The van der Waals surface area contributed by atoms with Crippen LogP contribution in [0, 0.1) is 0 Å². The maximum Gasteiger partial charge on any atom is 0.390 e. The average Bonchev–Trinajstić information content (AvgIpc) is 3.25. The SMILES string of the molecule is CN(C)C(=O)c1nn(CCC(F)(F)F)c2c1CN(Cc1cc3ccccc3[nH]1)CC2. The number of hydrogen-bond donors (Lipinski definition) is 1. The van der Waals surface area contributed by atoms with Crippen molar-refractivity contribution in [1.82, 2.24) is 24.6 Å². The predicted octanol–water partition coefficient (Wildman–Crippen LogP) is 3.58. The van der Waals surface area contributed by atoms with Crippen LogP contribution in [0.25, 0.3) is 10.9 Å². The number of aromatic amines is 1. The molecule has 3 heterocycles. The van der Waals surface area contributed by atoms with Gasteiger partial charge in [-0.15, -0.1) is 0 Å². The molecule has 1 amide bonds. The summed E-state index contributed by atoms with van der Waals surface area (Å²) in [7, 11) is 3.24. The average molecular weight is 419 g/mol. The normalized spacial score (nSPS) is 14.8. The second kappa shape index (κ2) is 7.79. The third kappa shape index (κ3) is 4.21. The fraction of sp³-hybridized carbons (Fsp3) is 0.429. The van der Waals surface area contributed by atoms with E-state index in [-0.39, 0.29) is 18.1 Å². The van der Waals surface area contributed by atoms with Crippen molar-refractivity contribution < 1.29 is 18.0 Å². The fourth-order valence-electron chi connectivity index (χ4n) is 3.94. The minimum Gasteiger partial charge on any atom is -0.357 e. The highest BCUT2D eigenvalue weighted by molar-refractivity contribution is 5.93.